The molecule has 0 aliphatic carbocycles. The van der Waals surface area contributed by atoms with E-state index in [-0.39, 0.29) is 6.04 Å². The molecule has 4 nitrogen and oxygen atoms in total. The summed E-state index contributed by atoms with van der Waals surface area (Å²) in [6, 6.07) is 19.9. The van der Waals surface area contributed by atoms with Crippen LogP contribution in [0.2, 0.25) is 0 Å². The van der Waals surface area contributed by atoms with Gasteiger partial charge in [0.1, 0.15) is 0 Å². The van der Waals surface area contributed by atoms with Gasteiger partial charge < -0.3 is 14.0 Å². The van der Waals surface area contributed by atoms with E-state index in [2.05, 4.69) is 65.1 Å². The maximum Gasteiger partial charge on any atom is 0.165 e. The first-order valence-electron chi connectivity index (χ1n) is 10.4. The number of hydrogen-bond donors (Lipinski definition) is 0. The molecule has 0 saturated carbocycles. The molecule has 152 valence electrons. The monoisotopic (exact) mass is 390 g/mol. The van der Waals surface area contributed by atoms with E-state index in [1.807, 2.05) is 12.1 Å². The highest BCUT2D eigenvalue weighted by Gasteiger charge is 2.28. The Labute approximate surface area is 173 Å². The fraction of sp³-hybridized carbons (Fsp3) is 0.360. The lowest BCUT2D eigenvalue weighted by molar-refractivity contribution is 0.216. The Kier molecular flexibility index (Phi) is 5.91. The summed E-state index contributed by atoms with van der Waals surface area (Å²) in [4.78, 5) is 2.57. The number of para-hydroxylation sites is 1. The summed E-state index contributed by atoms with van der Waals surface area (Å²) in [5.74, 6) is 1.61. The van der Waals surface area contributed by atoms with E-state index in [4.69, 9.17) is 9.47 Å². The molecule has 4 heteroatoms. The van der Waals surface area contributed by atoms with E-state index < -0.39 is 0 Å². The highest BCUT2D eigenvalue weighted by molar-refractivity contribution is 5.46. The molecular weight excluding hydrogens is 360 g/mol. The van der Waals surface area contributed by atoms with Crippen LogP contribution in [-0.4, -0.2) is 30.2 Å². The second-order valence-corrected chi connectivity index (χ2v) is 7.60. The number of aryl methyl sites for hydroxylation is 2. The van der Waals surface area contributed by atoms with E-state index in [0.717, 1.165) is 49.5 Å². The Morgan fingerprint density at radius 3 is 2.48 bits per heavy atom. The van der Waals surface area contributed by atoms with Crippen LogP contribution in [0.3, 0.4) is 0 Å². The number of fused-ring (bicyclic) bond motifs is 1. The largest absolute Gasteiger partial charge is 0.493 e. The smallest absolute Gasteiger partial charge is 0.165 e. The zero-order valence-corrected chi connectivity index (χ0v) is 17.6. The first-order chi connectivity index (χ1) is 14.2. The number of hydrogen-bond acceptors (Lipinski definition) is 3. The Hall–Kier alpha value is -2.72. The molecule has 1 aliphatic rings. The van der Waals surface area contributed by atoms with Crippen molar-refractivity contribution in [2.24, 2.45) is 0 Å². The standard InChI is InChI=1S/C25H30N2O2/c1-4-19-11-13-20(14-12-19)24-22-9-6-15-26(22)16-7-17-27(24)18-21-8-5-10-23(28-2)25(21)29-3/h5-6,8-15,24H,4,7,16-18H2,1-3H3/t24-/m1/s1. The van der Waals surface area contributed by atoms with Crippen molar-refractivity contribution in [2.75, 3.05) is 20.8 Å². The van der Waals surface area contributed by atoms with Gasteiger partial charge in [0, 0.05) is 37.1 Å². The van der Waals surface area contributed by atoms with E-state index in [1.54, 1.807) is 14.2 Å². The third-order valence-electron chi connectivity index (χ3n) is 5.92. The SMILES string of the molecule is CCc1ccc([C@@H]2c3cccn3CCCN2Cc2cccc(OC)c2OC)cc1. The molecule has 0 unspecified atom stereocenters. The minimum absolute atomic E-state index is 0.217. The maximum absolute atomic E-state index is 5.71. The van der Waals surface area contributed by atoms with Crippen molar-refractivity contribution >= 4 is 0 Å². The first-order valence-corrected chi connectivity index (χ1v) is 10.4. The number of ether oxygens (including phenoxy) is 2. The fourth-order valence-electron chi connectivity index (χ4n) is 4.42. The molecule has 1 aliphatic heterocycles. The average molecular weight is 391 g/mol. The van der Waals surface area contributed by atoms with Gasteiger partial charge in [-0.2, -0.15) is 0 Å². The van der Waals surface area contributed by atoms with Crippen LogP contribution in [-0.2, 0) is 19.5 Å². The van der Waals surface area contributed by atoms with Gasteiger partial charge in [-0.25, -0.2) is 0 Å². The van der Waals surface area contributed by atoms with Gasteiger partial charge in [-0.15, -0.1) is 0 Å². The first kappa shape index (κ1) is 19.6. The summed E-state index contributed by atoms with van der Waals surface area (Å²) in [6.07, 6.45) is 4.39. The third-order valence-corrected chi connectivity index (χ3v) is 5.92. The number of nitrogens with zero attached hydrogens (tertiary/aromatic N) is 2. The van der Waals surface area contributed by atoms with Gasteiger partial charge in [-0.1, -0.05) is 43.3 Å². The summed E-state index contributed by atoms with van der Waals surface area (Å²) in [7, 11) is 3.41. The van der Waals surface area contributed by atoms with Gasteiger partial charge in [0.2, 0.25) is 0 Å². The van der Waals surface area contributed by atoms with Crippen LogP contribution >= 0.6 is 0 Å². The lowest BCUT2D eigenvalue weighted by Crippen LogP contribution is -2.29. The van der Waals surface area contributed by atoms with Crippen LogP contribution in [0.5, 0.6) is 11.5 Å². The van der Waals surface area contributed by atoms with Crippen molar-refractivity contribution in [3.05, 3.63) is 83.2 Å². The van der Waals surface area contributed by atoms with Crippen LogP contribution in [0.1, 0.15) is 41.8 Å². The summed E-state index contributed by atoms with van der Waals surface area (Å²) >= 11 is 0. The van der Waals surface area contributed by atoms with Crippen molar-refractivity contribution in [1.29, 1.82) is 0 Å². The van der Waals surface area contributed by atoms with E-state index in [1.165, 1.54) is 16.8 Å². The predicted molar refractivity (Wildman–Crippen MR) is 117 cm³/mol. The zero-order valence-electron chi connectivity index (χ0n) is 17.6. The van der Waals surface area contributed by atoms with Gasteiger partial charge in [0.05, 0.1) is 20.3 Å². The normalized spacial score (nSPS) is 16.9. The van der Waals surface area contributed by atoms with Crippen LogP contribution in [0.15, 0.2) is 60.8 Å². The van der Waals surface area contributed by atoms with Crippen molar-refractivity contribution in [3.63, 3.8) is 0 Å². The zero-order chi connectivity index (χ0) is 20.2. The minimum atomic E-state index is 0.217. The van der Waals surface area contributed by atoms with E-state index in [0.29, 0.717) is 0 Å². The fourth-order valence-corrected chi connectivity index (χ4v) is 4.42. The summed E-state index contributed by atoms with van der Waals surface area (Å²) in [5, 5.41) is 0. The summed E-state index contributed by atoms with van der Waals surface area (Å²) < 4.78 is 13.6. The Balaban J connectivity index is 1.74. The van der Waals surface area contributed by atoms with Crippen LogP contribution in [0.4, 0.5) is 0 Å². The number of benzene rings is 2. The molecule has 0 N–H and O–H groups in total. The molecular formula is C25H30N2O2. The molecule has 2 heterocycles. The summed E-state index contributed by atoms with van der Waals surface area (Å²) in [6.45, 7) is 5.10. The highest BCUT2D eigenvalue weighted by Crippen LogP contribution is 2.37. The molecule has 0 saturated heterocycles. The molecule has 2 aromatic carbocycles. The lowest BCUT2D eigenvalue weighted by atomic mass is 9.99. The molecule has 3 aromatic rings. The van der Waals surface area contributed by atoms with Gasteiger partial charge >= 0.3 is 0 Å². The minimum Gasteiger partial charge on any atom is -0.493 e. The Morgan fingerprint density at radius 1 is 0.931 bits per heavy atom. The van der Waals surface area contributed by atoms with Crippen LogP contribution in [0, 0.1) is 0 Å². The number of rotatable bonds is 6. The molecule has 29 heavy (non-hydrogen) atoms. The second-order valence-electron chi connectivity index (χ2n) is 7.60. The van der Waals surface area contributed by atoms with Crippen LogP contribution < -0.4 is 9.47 Å². The number of methoxy groups -OCH3 is 2. The van der Waals surface area contributed by atoms with Crippen molar-refractivity contribution < 1.29 is 9.47 Å². The van der Waals surface area contributed by atoms with Gasteiger partial charge in [0.15, 0.2) is 11.5 Å². The lowest BCUT2D eigenvalue weighted by Gasteiger charge is -2.31. The van der Waals surface area contributed by atoms with E-state index in [9.17, 15) is 0 Å². The molecule has 0 bridgehead atoms. The molecule has 0 radical (unpaired) electrons. The molecule has 1 aromatic heterocycles. The maximum atomic E-state index is 5.71. The van der Waals surface area contributed by atoms with Crippen molar-refractivity contribution in [3.8, 4) is 11.5 Å². The molecule has 4 rings (SSSR count). The van der Waals surface area contributed by atoms with Gasteiger partial charge in [-0.05, 0) is 42.2 Å². The van der Waals surface area contributed by atoms with Crippen LogP contribution in [0.25, 0.3) is 0 Å². The summed E-state index contributed by atoms with van der Waals surface area (Å²) in [5.41, 5.74) is 5.22. The highest BCUT2D eigenvalue weighted by atomic mass is 16.5. The Bertz CT molecular complexity index is 946. The van der Waals surface area contributed by atoms with Crippen molar-refractivity contribution in [1.82, 2.24) is 9.47 Å². The molecule has 0 fully saturated rings. The van der Waals surface area contributed by atoms with Gasteiger partial charge in [-0.3, -0.25) is 4.90 Å². The van der Waals surface area contributed by atoms with E-state index >= 15 is 0 Å². The molecule has 0 amide bonds. The van der Waals surface area contributed by atoms with Crippen molar-refractivity contribution in [2.45, 2.75) is 38.9 Å². The predicted octanol–water partition coefficient (Wildman–Crippen LogP) is 5.06. The molecule has 0 spiro atoms. The topological polar surface area (TPSA) is 26.6 Å². The quantitative estimate of drug-likeness (QED) is 0.588. The van der Waals surface area contributed by atoms with Gasteiger partial charge in [0.25, 0.3) is 0 Å². The average Bonchev–Trinajstić information content (AvgIpc) is 3.15. The number of aromatic nitrogens is 1. The molecule has 1 atom stereocenters. The Morgan fingerprint density at radius 2 is 1.76 bits per heavy atom. The third kappa shape index (κ3) is 3.90. The second kappa shape index (κ2) is 8.75.